The van der Waals surface area contributed by atoms with Gasteiger partial charge in [0.2, 0.25) is 10.0 Å². The van der Waals surface area contributed by atoms with Crippen LogP contribution in [-0.2, 0) is 14.8 Å². The van der Waals surface area contributed by atoms with Crippen molar-refractivity contribution in [2.45, 2.75) is 4.90 Å². The highest BCUT2D eigenvalue weighted by molar-refractivity contribution is 9.10. The zero-order valence-electron chi connectivity index (χ0n) is 13.8. The maximum Gasteiger partial charge on any atom is 0.271 e. The Morgan fingerprint density at radius 1 is 1.15 bits per heavy atom. The minimum absolute atomic E-state index is 0.0184. The van der Waals surface area contributed by atoms with Crippen molar-refractivity contribution in [2.24, 2.45) is 0 Å². The molecule has 0 saturated carbocycles. The number of benzene rings is 2. The van der Waals surface area contributed by atoms with Crippen molar-refractivity contribution in [1.29, 1.82) is 0 Å². The molecule has 0 N–H and O–H groups in total. The molecule has 11 heteroatoms. The van der Waals surface area contributed by atoms with E-state index in [0.29, 0.717) is 15.2 Å². The molecular formula is C16H14BrClN2O6S. The second-order valence-corrected chi connectivity index (χ2v) is 8.78. The predicted octanol–water partition coefficient (Wildman–Crippen LogP) is 3.82. The number of non-ortho nitro benzene ring substituents is 1. The Kier molecular flexibility index (Phi) is 6.02. The molecule has 1 aliphatic rings. The summed E-state index contributed by atoms with van der Waals surface area (Å²) < 4.78 is 38.8. The molecule has 2 aromatic carbocycles. The van der Waals surface area contributed by atoms with Gasteiger partial charge in [-0.1, -0.05) is 11.6 Å². The summed E-state index contributed by atoms with van der Waals surface area (Å²) in [5.41, 5.74) is -0.343. The molecule has 1 heterocycles. The monoisotopic (exact) mass is 476 g/mol. The van der Waals surface area contributed by atoms with Crippen LogP contribution < -0.4 is 4.74 Å². The van der Waals surface area contributed by atoms with E-state index in [1.807, 2.05) is 0 Å². The van der Waals surface area contributed by atoms with Gasteiger partial charge in [-0.2, -0.15) is 4.31 Å². The van der Waals surface area contributed by atoms with Crippen molar-refractivity contribution in [3.8, 4) is 11.5 Å². The number of nitro groups is 1. The van der Waals surface area contributed by atoms with Crippen molar-refractivity contribution in [3.05, 3.63) is 56.0 Å². The molecule has 1 fully saturated rings. The third kappa shape index (κ3) is 4.41. The predicted molar refractivity (Wildman–Crippen MR) is 102 cm³/mol. The molecule has 0 bridgehead atoms. The molecule has 2 aromatic rings. The maximum atomic E-state index is 13.0. The summed E-state index contributed by atoms with van der Waals surface area (Å²) in [7, 11) is -4.01. The molecule has 1 aliphatic heterocycles. The lowest BCUT2D eigenvalue weighted by Crippen LogP contribution is -2.40. The number of ether oxygens (including phenoxy) is 2. The normalized spacial score (nSPS) is 15.5. The second kappa shape index (κ2) is 8.11. The molecule has 0 spiro atoms. The first-order valence-corrected chi connectivity index (χ1v) is 10.4. The Labute approximate surface area is 169 Å². The van der Waals surface area contributed by atoms with Crippen molar-refractivity contribution in [1.82, 2.24) is 4.31 Å². The summed E-state index contributed by atoms with van der Waals surface area (Å²) in [4.78, 5) is 10.2. The van der Waals surface area contributed by atoms with E-state index >= 15 is 0 Å². The molecule has 27 heavy (non-hydrogen) atoms. The van der Waals surface area contributed by atoms with Crippen LogP contribution in [0, 0.1) is 10.1 Å². The first kappa shape index (κ1) is 20.0. The zero-order chi connectivity index (χ0) is 19.6. The molecule has 0 unspecified atom stereocenters. The van der Waals surface area contributed by atoms with Crippen LogP contribution in [0.4, 0.5) is 5.69 Å². The minimum atomic E-state index is -4.01. The number of halogens is 2. The van der Waals surface area contributed by atoms with Gasteiger partial charge in [-0.15, -0.1) is 0 Å². The third-order valence-electron chi connectivity index (χ3n) is 3.84. The van der Waals surface area contributed by atoms with Gasteiger partial charge in [0.15, 0.2) is 0 Å². The Morgan fingerprint density at radius 2 is 1.81 bits per heavy atom. The van der Waals surface area contributed by atoms with Crippen LogP contribution in [0.5, 0.6) is 11.5 Å². The van der Waals surface area contributed by atoms with E-state index in [1.54, 1.807) is 18.2 Å². The summed E-state index contributed by atoms with van der Waals surface area (Å²) in [6.07, 6.45) is 0. The van der Waals surface area contributed by atoms with Crippen LogP contribution in [0.25, 0.3) is 0 Å². The average Bonchev–Trinajstić information content (AvgIpc) is 2.64. The van der Waals surface area contributed by atoms with E-state index in [1.165, 1.54) is 16.4 Å². The van der Waals surface area contributed by atoms with Gasteiger partial charge in [0, 0.05) is 30.2 Å². The molecule has 0 radical (unpaired) electrons. The largest absolute Gasteiger partial charge is 0.455 e. The van der Waals surface area contributed by atoms with E-state index in [9.17, 15) is 18.5 Å². The van der Waals surface area contributed by atoms with E-state index in [0.717, 1.165) is 6.07 Å². The van der Waals surface area contributed by atoms with Gasteiger partial charge in [0.25, 0.3) is 5.69 Å². The van der Waals surface area contributed by atoms with Crippen LogP contribution in [0.15, 0.2) is 45.8 Å². The van der Waals surface area contributed by atoms with Crippen molar-refractivity contribution < 1.29 is 22.8 Å². The number of rotatable bonds is 5. The lowest BCUT2D eigenvalue weighted by molar-refractivity contribution is -0.385. The van der Waals surface area contributed by atoms with Crippen LogP contribution in [-0.4, -0.2) is 43.9 Å². The summed E-state index contributed by atoms with van der Waals surface area (Å²) in [6.45, 7) is 0.838. The fraction of sp³-hybridized carbons (Fsp3) is 0.250. The van der Waals surface area contributed by atoms with E-state index in [2.05, 4.69) is 15.9 Å². The highest BCUT2D eigenvalue weighted by atomic mass is 79.9. The van der Waals surface area contributed by atoms with Gasteiger partial charge in [0.05, 0.1) is 22.6 Å². The fourth-order valence-corrected chi connectivity index (χ4v) is 4.80. The second-order valence-electron chi connectivity index (χ2n) is 5.58. The summed E-state index contributed by atoms with van der Waals surface area (Å²) in [6, 6.07) is 8.22. The summed E-state index contributed by atoms with van der Waals surface area (Å²) in [5, 5.41) is 11.6. The first-order chi connectivity index (χ1) is 12.8. The zero-order valence-corrected chi connectivity index (χ0v) is 17.0. The molecule has 0 atom stereocenters. The van der Waals surface area contributed by atoms with E-state index in [4.69, 9.17) is 21.1 Å². The number of hydrogen-bond acceptors (Lipinski definition) is 6. The van der Waals surface area contributed by atoms with Gasteiger partial charge < -0.3 is 9.47 Å². The smallest absolute Gasteiger partial charge is 0.271 e. The molecule has 3 rings (SSSR count). The average molecular weight is 478 g/mol. The van der Waals surface area contributed by atoms with Gasteiger partial charge in [-0.25, -0.2) is 8.42 Å². The third-order valence-corrected chi connectivity index (χ3v) is 6.61. The Bertz CT molecular complexity index is 979. The van der Waals surface area contributed by atoms with E-state index < -0.39 is 14.9 Å². The molecule has 8 nitrogen and oxygen atoms in total. The first-order valence-electron chi connectivity index (χ1n) is 7.78. The Hall–Kier alpha value is -1.72. The number of nitrogens with zero attached hydrogens (tertiary/aromatic N) is 2. The van der Waals surface area contributed by atoms with Crippen molar-refractivity contribution in [2.75, 3.05) is 26.3 Å². The number of morpholine rings is 1. The van der Waals surface area contributed by atoms with Crippen LogP contribution in [0.3, 0.4) is 0 Å². The number of nitro benzene ring substituents is 1. The highest BCUT2D eigenvalue weighted by Gasteiger charge is 2.31. The SMILES string of the molecule is O=[N+]([O-])c1ccc(Oc2ccc(Cl)cc2Br)c(S(=O)(=O)N2CCOCC2)c1. The Balaban J connectivity index is 2.06. The van der Waals surface area contributed by atoms with Gasteiger partial charge in [-0.05, 0) is 40.2 Å². The van der Waals surface area contributed by atoms with Gasteiger partial charge >= 0.3 is 0 Å². The summed E-state index contributed by atoms with van der Waals surface area (Å²) in [5.74, 6) is 0.307. The molecule has 0 aliphatic carbocycles. The van der Waals surface area contributed by atoms with Crippen molar-refractivity contribution in [3.63, 3.8) is 0 Å². The number of sulfonamides is 1. The van der Waals surface area contributed by atoms with Crippen LogP contribution >= 0.6 is 27.5 Å². The summed E-state index contributed by atoms with van der Waals surface area (Å²) >= 11 is 9.21. The van der Waals surface area contributed by atoms with Crippen molar-refractivity contribution >= 4 is 43.2 Å². The molecular weight excluding hydrogens is 464 g/mol. The standard InChI is InChI=1S/C16H14BrClN2O6S/c17-13-9-11(18)1-3-14(13)26-15-4-2-12(20(21)22)10-16(15)27(23,24)19-5-7-25-8-6-19/h1-4,9-10H,5-8H2. The topological polar surface area (TPSA) is 99.0 Å². The molecule has 144 valence electrons. The quantitative estimate of drug-likeness (QED) is 0.479. The highest BCUT2D eigenvalue weighted by Crippen LogP contribution is 2.37. The van der Waals surface area contributed by atoms with Gasteiger partial charge in [0.1, 0.15) is 16.4 Å². The lowest BCUT2D eigenvalue weighted by atomic mass is 10.3. The number of hydrogen-bond donors (Lipinski definition) is 0. The molecule has 1 saturated heterocycles. The lowest BCUT2D eigenvalue weighted by Gasteiger charge is -2.26. The van der Waals surface area contributed by atoms with Gasteiger partial charge in [-0.3, -0.25) is 10.1 Å². The van der Waals surface area contributed by atoms with Crippen LogP contribution in [0.1, 0.15) is 0 Å². The fourth-order valence-electron chi connectivity index (χ4n) is 2.50. The van der Waals surface area contributed by atoms with E-state index in [-0.39, 0.29) is 42.6 Å². The Morgan fingerprint density at radius 3 is 2.44 bits per heavy atom. The van der Waals surface area contributed by atoms with Crippen LogP contribution in [0.2, 0.25) is 5.02 Å². The molecule has 0 amide bonds. The maximum absolute atomic E-state index is 13.0. The molecule has 0 aromatic heterocycles. The minimum Gasteiger partial charge on any atom is -0.455 e.